The highest BCUT2D eigenvalue weighted by Gasteiger charge is 2.08. The lowest BCUT2D eigenvalue weighted by atomic mass is 10.1. The topological polar surface area (TPSA) is 89.2 Å². The Morgan fingerprint density at radius 1 is 1.15 bits per heavy atom. The molecule has 0 radical (unpaired) electrons. The van der Waals surface area contributed by atoms with Gasteiger partial charge in [0.25, 0.3) is 5.91 Å². The van der Waals surface area contributed by atoms with E-state index < -0.39 is 0 Å². The van der Waals surface area contributed by atoms with Gasteiger partial charge in [-0.3, -0.25) is 9.79 Å². The lowest BCUT2D eigenvalue weighted by Crippen LogP contribution is -2.23. The highest BCUT2D eigenvalue weighted by molar-refractivity contribution is 5.94. The number of hydrogen-bond acceptors (Lipinski definition) is 4. The number of amides is 1. The average Bonchev–Trinajstić information content (AvgIpc) is 2.67. The standard InChI is InChI=1S/C20H26N4O3/c1-24(2)19(25)15-7-5-6-14(12-15)10-11-22-20(21)23-17-13-16(26-3)8-9-18(17)27-4/h5-9,12-13H,10-11H2,1-4H3,(H3,21,22,23). The molecule has 27 heavy (non-hydrogen) atoms. The van der Waals surface area contributed by atoms with Crippen LogP contribution in [-0.2, 0) is 6.42 Å². The van der Waals surface area contributed by atoms with Crippen LogP contribution in [0.5, 0.6) is 11.5 Å². The Bertz CT molecular complexity index is 819. The number of nitrogens with one attached hydrogen (secondary N) is 1. The monoisotopic (exact) mass is 370 g/mol. The van der Waals surface area contributed by atoms with Crippen LogP contribution in [0.4, 0.5) is 5.69 Å². The number of nitrogens with zero attached hydrogens (tertiary/aromatic N) is 2. The Hall–Kier alpha value is -3.22. The second kappa shape index (κ2) is 9.47. The molecule has 2 rings (SSSR count). The van der Waals surface area contributed by atoms with Crippen molar-refractivity contribution in [1.82, 2.24) is 4.90 Å². The second-order valence-electron chi connectivity index (χ2n) is 6.11. The molecule has 3 N–H and O–H groups in total. The van der Waals surface area contributed by atoms with E-state index in [2.05, 4.69) is 10.3 Å². The highest BCUT2D eigenvalue weighted by atomic mass is 16.5. The summed E-state index contributed by atoms with van der Waals surface area (Å²) >= 11 is 0. The van der Waals surface area contributed by atoms with Gasteiger partial charge in [-0.2, -0.15) is 0 Å². The third-order valence-corrected chi connectivity index (χ3v) is 3.93. The summed E-state index contributed by atoms with van der Waals surface area (Å²) in [5.41, 5.74) is 8.35. The van der Waals surface area contributed by atoms with Gasteiger partial charge in [0, 0.05) is 32.3 Å². The van der Waals surface area contributed by atoms with E-state index in [0.29, 0.717) is 35.7 Å². The van der Waals surface area contributed by atoms with Crippen molar-refractivity contribution in [2.24, 2.45) is 10.7 Å². The quantitative estimate of drug-likeness (QED) is 0.577. The number of nitrogens with two attached hydrogens (primary N) is 1. The SMILES string of the molecule is COc1ccc(OC)c(NC(N)=NCCc2cccc(C(=O)N(C)C)c2)c1. The van der Waals surface area contributed by atoms with Crippen LogP contribution in [-0.4, -0.2) is 51.6 Å². The molecule has 0 aliphatic rings. The van der Waals surface area contributed by atoms with Crippen molar-refractivity contribution in [3.63, 3.8) is 0 Å². The third-order valence-electron chi connectivity index (χ3n) is 3.93. The molecule has 0 aliphatic carbocycles. The van der Waals surface area contributed by atoms with Crippen LogP contribution in [0.1, 0.15) is 15.9 Å². The van der Waals surface area contributed by atoms with E-state index in [1.807, 2.05) is 18.2 Å². The lowest BCUT2D eigenvalue weighted by molar-refractivity contribution is 0.0827. The lowest BCUT2D eigenvalue weighted by Gasteiger charge is -2.12. The van der Waals surface area contributed by atoms with E-state index in [1.54, 1.807) is 57.5 Å². The zero-order chi connectivity index (χ0) is 19.8. The Morgan fingerprint density at radius 3 is 2.59 bits per heavy atom. The maximum atomic E-state index is 12.0. The number of aliphatic imine (C=N–C) groups is 1. The van der Waals surface area contributed by atoms with Crippen molar-refractivity contribution in [2.45, 2.75) is 6.42 Å². The summed E-state index contributed by atoms with van der Waals surface area (Å²) in [6, 6.07) is 12.9. The number of benzene rings is 2. The Balaban J connectivity index is 2.01. The molecule has 7 nitrogen and oxygen atoms in total. The van der Waals surface area contributed by atoms with Crippen molar-refractivity contribution < 1.29 is 14.3 Å². The van der Waals surface area contributed by atoms with E-state index in [0.717, 1.165) is 5.56 Å². The van der Waals surface area contributed by atoms with Crippen molar-refractivity contribution >= 4 is 17.6 Å². The molecule has 0 spiro atoms. The fourth-order valence-corrected chi connectivity index (χ4v) is 2.51. The third kappa shape index (κ3) is 5.64. The van der Waals surface area contributed by atoms with Gasteiger partial charge in [-0.1, -0.05) is 12.1 Å². The van der Waals surface area contributed by atoms with Crippen molar-refractivity contribution in [2.75, 3.05) is 40.2 Å². The molecule has 1 amide bonds. The molecule has 0 unspecified atom stereocenters. The number of carbonyl (C=O) groups excluding carboxylic acids is 1. The summed E-state index contributed by atoms with van der Waals surface area (Å²) < 4.78 is 10.5. The van der Waals surface area contributed by atoms with E-state index >= 15 is 0 Å². The van der Waals surface area contributed by atoms with E-state index in [9.17, 15) is 4.79 Å². The van der Waals surface area contributed by atoms with Crippen LogP contribution in [0.3, 0.4) is 0 Å². The van der Waals surface area contributed by atoms with Gasteiger partial charge in [-0.25, -0.2) is 0 Å². The van der Waals surface area contributed by atoms with Crippen LogP contribution >= 0.6 is 0 Å². The predicted molar refractivity (Wildman–Crippen MR) is 108 cm³/mol. The van der Waals surface area contributed by atoms with Gasteiger partial charge < -0.3 is 25.4 Å². The second-order valence-corrected chi connectivity index (χ2v) is 6.11. The summed E-state index contributed by atoms with van der Waals surface area (Å²) in [6.45, 7) is 0.491. The molecular formula is C20H26N4O3. The Morgan fingerprint density at radius 2 is 1.93 bits per heavy atom. The fourth-order valence-electron chi connectivity index (χ4n) is 2.51. The predicted octanol–water partition coefficient (Wildman–Crippen LogP) is 2.37. The van der Waals surface area contributed by atoms with Gasteiger partial charge in [-0.15, -0.1) is 0 Å². The van der Waals surface area contributed by atoms with Gasteiger partial charge in [0.15, 0.2) is 5.96 Å². The van der Waals surface area contributed by atoms with Crippen LogP contribution in [0.25, 0.3) is 0 Å². The first-order valence-corrected chi connectivity index (χ1v) is 8.54. The molecule has 0 bridgehead atoms. The largest absolute Gasteiger partial charge is 0.497 e. The van der Waals surface area contributed by atoms with E-state index in [-0.39, 0.29) is 11.9 Å². The van der Waals surface area contributed by atoms with E-state index in [1.165, 1.54) is 0 Å². The number of methoxy groups -OCH3 is 2. The molecule has 7 heteroatoms. The Kier molecular flexibility index (Phi) is 7.05. The first kappa shape index (κ1) is 20.1. The minimum Gasteiger partial charge on any atom is -0.497 e. The molecule has 144 valence electrons. The van der Waals surface area contributed by atoms with Gasteiger partial charge in [-0.05, 0) is 36.2 Å². The van der Waals surface area contributed by atoms with E-state index in [4.69, 9.17) is 15.2 Å². The van der Waals surface area contributed by atoms with Crippen molar-refractivity contribution in [1.29, 1.82) is 0 Å². The number of rotatable bonds is 7. The molecule has 2 aromatic carbocycles. The molecule has 0 saturated carbocycles. The van der Waals surface area contributed by atoms with Gasteiger partial charge in [0.2, 0.25) is 0 Å². The van der Waals surface area contributed by atoms with Gasteiger partial charge in [0.05, 0.1) is 19.9 Å². The summed E-state index contributed by atoms with van der Waals surface area (Å²) in [5.74, 6) is 1.59. The molecule has 2 aromatic rings. The zero-order valence-corrected chi connectivity index (χ0v) is 16.2. The first-order chi connectivity index (χ1) is 12.9. The summed E-state index contributed by atoms with van der Waals surface area (Å²) in [7, 11) is 6.65. The summed E-state index contributed by atoms with van der Waals surface area (Å²) in [5, 5.41) is 3.03. The number of guanidine groups is 1. The summed E-state index contributed by atoms with van der Waals surface area (Å²) in [4.78, 5) is 17.9. The molecule has 0 aromatic heterocycles. The maximum absolute atomic E-state index is 12.0. The zero-order valence-electron chi connectivity index (χ0n) is 16.2. The van der Waals surface area contributed by atoms with Crippen LogP contribution in [0.2, 0.25) is 0 Å². The van der Waals surface area contributed by atoms with Crippen LogP contribution < -0.4 is 20.5 Å². The molecule has 0 saturated heterocycles. The minimum atomic E-state index is -0.0216. The number of carbonyl (C=O) groups is 1. The molecule has 0 atom stereocenters. The number of hydrogen-bond donors (Lipinski definition) is 2. The van der Waals surface area contributed by atoms with Crippen molar-refractivity contribution in [3.05, 3.63) is 53.6 Å². The van der Waals surface area contributed by atoms with Crippen LogP contribution in [0, 0.1) is 0 Å². The molecule has 0 heterocycles. The summed E-state index contributed by atoms with van der Waals surface area (Å²) in [6.07, 6.45) is 0.673. The first-order valence-electron chi connectivity index (χ1n) is 8.54. The van der Waals surface area contributed by atoms with Gasteiger partial charge in [0.1, 0.15) is 11.5 Å². The van der Waals surface area contributed by atoms with Crippen molar-refractivity contribution in [3.8, 4) is 11.5 Å². The normalized spacial score (nSPS) is 11.0. The van der Waals surface area contributed by atoms with Crippen LogP contribution in [0.15, 0.2) is 47.5 Å². The smallest absolute Gasteiger partial charge is 0.253 e. The Labute approximate surface area is 159 Å². The molecule has 0 fully saturated rings. The average molecular weight is 370 g/mol. The number of ether oxygens (including phenoxy) is 2. The molecule has 0 aliphatic heterocycles. The maximum Gasteiger partial charge on any atom is 0.253 e. The molecular weight excluding hydrogens is 344 g/mol. The fraction of sp³-hybridized carbons (Fsp3) is 0.300. The number of anilines is 1. The van der Waals surface area contributed by atoms with Gasteiger partial charge >= 0.3 is 0 Å². The highest BCUT2D eigenvalue weighted by Crippen LogP contribution is 2.28. The minimum absolute atomic E-state index is 0.0216.